The van der Waals surface area contributed by atoms with Crippen molar-refractivity contribution in [2.24, 2.45) is 17.8 Å². The maximum Gasteiger partial charge on any atom is 0.0498 e. The van der Waals surface area contributed by atoms with Crippen LogP contribution in [-0.2, 0) is 4.74 Å². The summed E-state index contributed by atoms with van der Waals surface area (Å²) in [6, 6.07) is 0. The average molecular weight is 140 g/mol. The number of rotatable bonds is 0. The van der Waals surface area contributed by atoms with Crippen LogP contribution in [0.4, 0.5) is 0 Å². The predicted molar refractivity (Wildman–Crippen MR) is 40.8 cm³/mol. The molecule has 1 nitrogen and oxygen atoms in total. The summed E-state index contributed by atoms with van der Waals surface area (Å²) in [6.45, 7) is 4.47. The van der Waals surface area contributed by atoms with Gasteiger partial charge in [0, 0.05) is 13.2 Å². The highest BCUT2D eigenvalue weighted by atomic mass is 16.5. The van der Waals surface area contributed by atoms with Crippen LogP contribution in [0, 0.1) is 17.8 Å². The second-order valence-electron chi connectivity index (χ2n) is 3.98. The maximum atomic E-state index is 5.44. The van der Waals surface area contributed by atoms with Crippen LogP contribution in [0.3, 0.4) is 0 Å². The Kier molecular flexibility index (Phi) is 1.69. The van der Waals surface area contributed by atoms with Gasteiger partial charge in [-0.1, -0.05) is 13.3 Å². The summed E-state index contributed by atoms with van der Waals surface area (Å²) in [5.41, 5.74) is 0. The Morgan fingerprint density at radius 1 is 1.10 bits per heavy atom. The molecule has 1 aliphatic carbocycles. The second kappa shape index (κ2) is 2.54. The van der Waals surface area contributed by atoms with Crippen molar-refractivity contribution in [3.8, 4) is 0 Å². The van der Waals surface area contributed by atoms with Gasteiger partial charge in [0.05, 0.1) is 0 Å². The number of ether oxygens (including phenoxy) is 1. The lowest BCUT2D eigenvalue weighted by Crippen LogP contribution is -2.21. The maximum absolute atomic E-state index is 5.44. The van der Waals surface area contributed by atoms with Gasteiger partial charge in [0.1, 0.15) is 0 Å². The minimum Gasteiger partial charge on any atom is -0.381 e. The van der Waals surface area contributed by atoms with Crippen molar-refractivity contribution in [1.29, 1.82) is 0 Å². The first-order chi connectivity index (χ1) is 4.86. The van der Waals surface area contributed by atoms with Crippen LogP contribution in [0.2, 0.25) is 0 Å². The van der Waals surface area contributed by atoms with Gasteiger partial charge < -0.3 is 4.74 Å². The molecular weight excluding hydrogens is 124 g/mol. The highest BCUT2D eigenvalue weighted by molar-refractivity contribution is 4.81. The summed E-state index contributed by atoms with van der Waals surface area (Å²) in [5, 5.41) is 0. The van der Waals surface area contributed by atoms with E-state index in [4.69, 9.17) is 4.74 Å². The monoisotopic (exact) mass is 140 g/mol. The van der Waals surface area contributed by atoms with Crippen molar-refractivity contribution in [2.75, 3.05) is 13.2 Å². The van der Waals surface area contributed by atoms with Crippen LogP contribution < -0.4 is 0 Å². The zero-order valence-electron chi connectivity index (χ0n) is 6.68. The van der Waals surface area contributed by atoms with Crippen LogP contribution in [0.5, 0.6) is 0 Å². The van der Waals surface area contributed by atoms with Crippen molar-refractivity contribution < 1.29 is 4.74 Å². The fourth-order valence-corrected chi connectivity index (χ4v) is 2.36. The van der Waals surface area contributed by atoms with E-state index in [-0.39, 0.29) is 0 Å². The minimum absolute atomic E-state index is 0.920. The van der Waals surface area contributed by atoms with Gasteiger partial charge in [-0.15, -0.1) is 0 Å². The molecule has 1 heteroatoms. The molecule has 0 bridgehead atoms. The molecule has 1 saturated carbocycles. The van der Waals surface area contributed by atoms with Crippen LogP contribution in [-0.4, -0.2) is 13.2 Å². The zero-order valence-corrected chi connectivity index (χ0v) is 6.68. The molecule has 1 aliphatic heterocycles. The molecule has 0 aromatic carbocycles. The molecule has 0 N–H and O–H groups in total. The van der Waals surface area contributed by atoms with Crippen LogP contribution in [0.15, 0.2) is 0 Å². The van der Waals surface area contributed by atoms with Gasteiger partial charge >= 0.3 is 0 Å². The third-order valence-corrected chi connectivity index (χ3v) is 3.07. The second-order valence-corrected chi connectivity index (χ2v) is 3.98. The first kappa shape index (κ1) is 6.66. The lowest BCUT2D eigenvalue weighted by molar-refractivity contribution is 0.180. The van der Waals surface area contributed by atoms with E-state index < -0.39 is 0 Å². The Balaban J connectivity index is 1.96. The lowest BCUT2D eigenvalue weighted by atomic mass is 9.77. The third kappa shape index (κ3) is 1.07. The molecule has 0 amide bonds. The molecule has 0 aromatic rings. The summed E-state index contributed by atoms with van der Waals surface area (Å²) in [6.07, 6.45) is 4.28. The largest absolute Gasteiger partial charge is 0.381 e. The Morgan fingerprint density at radius 3 is 2.80 bits per heavy atom. The van der Waals surface area contributed by atoms with Crippen LogP contribution in [0.1, 0.15) is 26.2 Å². The Morgan fingerprint density at radius 2 is 1.90 bits per heavy atom. The molecule has 2 rings (SSSR count). The highest BCUT2D eigenvalue weighted by Crippen LogP contribution is 2.37. The molecule has 0 radical (unpaired) electrons. The first-order valence-corrected chi connectivity index (χ1v) is 4.44. The molecule has 2 aliphatic rings. The molecular formula is C9H16O. The van der Waals surface area contributed by atoms with Crippen molar-refractivity contribution in [3.05, 3.63) is 0 Å². The van der Waals surface area contributed by atoms with E-state index in [0.29, 0.717) is 0 Å². The Hall–Kier alpha value is -0.0400. The zero-order chi connectivity index (χ0) is 6.97. The average Bonchev–Trinajstić information content (AvgIpc) is 2.33. The van der Waals surface area contributed by atoms with Gasteiger partial charge in [-0.2, -0.15) is 0 Å². The van der Waals surface area contributed by atoms with Gasteiger partial charge in [0.25, 0.3) is 0 Å². The van der Waals surface area contributed by atoms with Crippen molar-refractivity contribution >= 4 is 0 Å². The van der Waals surface area contributed by atoms with Crippen LogP contribution in [0.25, 0.3) is 0 Å². The fourth-order valence-electron chi connectivity index (χ4n) is 2.36. The van der Waals surface area contributed by atoms with Gasteiger partial charge in [-0.25, -0.2) is 0 Å². The summed E-state index contributed by atoms with van der Waals surface area (Å²) < 4.78 is 5.44. The quantitative estimate of drug-likeness (QED) is 0.500. The topological polar surface area (TPSA) is 9.23 Å². The van der Waals surface area contributed by atoms with Gasteiger partial charge in [0.15, 0.2) is 0 Å². The van der Waals surface area contributed by atoms with Crippen LogP contribution >= 0.6 is 0 Å². The Bertz CT molecular complexity index is 122. The fraction of sp³-hybridized carbons (Fsp3) is 1.00. The lowest BCUT2D eigenvalue weighted by Gasteiger charge is -2.27. The molecule has 2 fully saturated rings. The SMILES string of the molecule is CC1CCC2COCC2C1. The molecule has 0 spiro atoms. The standard InChI is InChI=1S/C9H16O/c1-7-2-3-8-5-10-6-9(8)4-7/h7-9H,2-6H2,1H3. The highest BCUT2D eigenvalue weighted by Gasteiger charge is 2.32. The number of hydrogen-bond acceptors (Lipinski definition) is 1. The first-order valence-electron chi connectivity index (χ1n) is 4.44. The summed E-state index contributed by atoms with van der Waals surface area (Å²) >= 11 is 0. The predicted octanol–water partition coefficient (Wildman–Crippen LogP) is 2.07. The number of fused-ring (bicyclic) bond motifs is 1. The number of hydrogen-bond donors (Lipinski definition) is 0. The van der Waals surface area contributed by atoms with E-state index in [1.54, 1.807) is 0 Å². The smallest absolute Gasteiger partial charge is 0.0498 e. The van der Waals surface area contributed by atoms with Gasteiger partial charge in [0.2, 0.25) is 0 Å². The van der Waals surface area contributed by atoms with E-state index in [1.165, 1.54) is 19.3 Å². The third-order valence-electron chi connectivity index (χ3n) is 3.07. The minimum atomic E-state index is 0.920. The molecule has 1 saturated heterocycles. The van der Waals surface area contributed by atoms with E-state index in [9.17, 15) is 0 Å². The molecule has 0 aromatic heterocycles. The molecule has 1 heterocycles. The van der Waals surface area contributed by atoms with Gasteiger partial charge in [-0.3, -0.25) is 0 Å². The Labute approximate surface area is 62.8 Å². The summed E-state index contributed by atoms with van der Waals surface area (Å²) in [5.74, 6) is 2.81. The van der Waals surface area contributed by atoms with E-state index >= 15 is 0 Å². The van der Waals surface area contributed by atoms with Crippen molar-refractivity contribution in [1.82, 2.24) is 0 Å². The molecule has 10 heavy (non-hydrogen) atoms. The van der Waals surface area contributed by atoms with Crippen molar-refractivity contribution in [3.63, 3.8) is 0 Å². The van der Waals surface area contributed by atoms with E-state index in [2.05, 4.69) is 6.92 Å². The molecule has 58 valence electrons. The summed E-state index contributed by atoms with van der Waals surface area (Å²) in [4.78, 5) is 0. The van der Waals surface area contributed by atoms with E-state index in [1.807, 2.05) is 0 Å². The van der Waals surface area contributed by atoms with Crippen molar-refractivity contribution in [2.45, 2.75) is 26.2 Å². The summed E-state index contributed by atoms with van der Waals surface area (Å²) in [7, 11) is 0. The van der Waals surface area contributed by atoms with Gasteiger partial charge in [-0.05, 0) is 30.6 Å². The molecule has 3 unspecified atom stereocenters. The van der Waals surface area contributed by atoms with E-state index in [0.717, 1.165) is 31.0 Å². The normalized spacial score (nSPS) is 47.1. The molecule has 3 atom stereocenters.